The number of carbonyl (C=O) groups is 1. The minimum Gasteiger partial charge on any atom is -0.351 e. The normalized spacial score (nSPS) is 37.6. The lowest BCUT2D eigenvalue weighted by molar-refractivity contribution is -0.131. The minimum absolute atomic E-state index is 0.0335. The minimum atomic E-state index is 0.0335. The molecule has 2 fully saturated rings. The van der Waals surface area contributed by atoms with Gasteiger partial charge in [0, 0.05) is 11.6 Å². The zero-order valence-electron chi connectivity index (χ0n) is 10.5. The molecule has 2 rings (SSSR count). The molecular formula is C13H24N2O. The first-order valence-corrected chi connectivity index (χ1v) is 6.59. The summed E-state index contributed by atoms with van der Waals surface area (Å²) in [6, 6.07) is 0.0624. The largest absolute Gasteiger partial charge is 0.351 e. The predicted molar refractivity (Wildman–Crippen MR) is 64.9 cm³/mol. The molecule has 0 aromatic rings. The van der Waals surface area contributed by atoms with Gasteiger partial charge in [0.1, 0.15) is 0 Å². The highest BCUT2D eigenvalue weighted by Gasteiger charge is 2.39. The number of nitrogens with two attached hydrogens (primary N) is 1. The highest BCUT2D eigenvalue weighted by Crippen LogP contribution is 2.34. The van der Waals surface area contributed by atoms with Crippen molar-refractivity contribution in [1.82, 2.24) is 5.32 Å². The molecule has 2 aliphatic rings. The lowest BCUT2D eigenvalue weighted by atomic mass is 9.74. The molecule has 0 heterocycles. The molecule has 1 amide bonds. The average molecular weight is 224 g/mol. The van der Waals surface area contributed by atoms with E-state index in [9.17, 15) is 4.79 Å². The van der Waals surface area contributed by atoms with Crippen LogP contribution < -0.4 is 11.1 Å². The van der Waals surface area contributed by atoms with Crippen molar-refractivity contribution >= 4 is 5.91 Å². The molecule has 0 bridgehead atoms. The number of rotatable bonds is 2. The Hall–Kier alpha value is -0.570. The van der Waals surface area contributed by atoms with Crippen LogP contribution in [0.2, 0.25) is 0 Å². The maximum atomic E-state index is 12.2. The fraction of sp³-hybridized carbons (Fsp3) is 0.923. The Labute approximate surface area is 98.2 Å². The van der Waals surface area contributed by atoms with Crippen LogP contribution in [0.4, 0.5) is 0 Å². The summed E-state index contributed by atoms with van der Waals surface area (Å²) < 4.78 is 0. The third kappa shape index (κ3) is 2.24. The van der Waals surface area contributed by atoms with Gasteiger partial charge in [-0.1, -0.05) is 13.3 Å². The lowest BCUT2D eigenvalue weighted by Crippen LogP contribution is -2.56. The quantitative estimate of drug-likeness (QED) is 0.751. The molecule has 3 atom stereocenters. The van der Waals surface area contributed by atoms with Gasteiger partial charge in [-0.05, 0) is 44.9 Å². The Kier molecular flexibility index (Phi) is 3.24. The van der Waals surface area contributed by atoms with Gasteiger partial charge in [-0.15, -0.1) is 0 Å². The zero-order chi connectivity index (χ0) is 11.8. The van der Waals surface area contributed by atoms with E-state index in [4.69, 9.17) is 5.73 Å². The Morgan fingerprint density at radius 2 is 2.00 bits per heavy atom. The van der Waals surface area contributed by atoms with Crippen molar-refractivity contribution in [1.29, 1.82) is 0 Å². The van der Waals surface area contributed by atoms with Gasteiger partial charge in [0.15, 0.2) is 0 Å². The van der Waals surface area contributed by atoms with Gasteiger partial charge >= 0.3 is 0 Å². The van der Waals surface area contributed by atoms with E-state index in [0.717, 1.165) is 25.7 Å². The van der Waals surface area contributed by atoms with E-state index in [2.05, 4.69) is 19.2 Å². The first-order chi connectivity index (χ1) is 7.52. The summed E-state index contributed by atoms with van der Waals surface area (Å²) in [4.78, 5) is 12.2. The summed E-state index contributed by atoms with van der Waals surface area (Å²) in [6.45, 7) is 4.31. The molecule has 0 radical (unpaired) electrons. The van der Waals surface area contributed by atoms with E-state index >= 15 is 0 Å². The molecule has 92 valence electrons. The van der Waals surface area contributed by atoms with E-state index < -0.39 is 0 Å². The van der Waals surface area contributed by atoms with Crippen LogP contribution in [0.5, 0.6) is 0 Å². The summed E-state index contributed by atoms with van der Waals surface area (Å²) in [5, 5.41) is 3.20. The topological polar surface area (TPSA) is 55.1 Å². The van der Waals surface area contributed by atoms with Crippen LogP contribution in [-0.4, -0.2) is 17.5 Å². The molecule has 3 heteroatoms. The number of carbonyl (C=O) groups excluding carboxylic acids is 1. The van der Waals surface area contributed by atoms with E-state index in [1.54, 1.807) is 0 Å². The Bertz CT molecular complexity index is 263. The van der Waals surface area contributed by atoms with Gasteiger partial charge < -0.3 is 11.1 Å². The van der Waals surface area contributed by atoms with Crippen molar-refractivity contribution < 1.29 is 4.79 Å². The fourth-order valence-electron chi connectivity index (χ4n) is 3.12. The standard InChI is InChI=1S/C13H24N2O/c1-9-5-3-6-10(14)11(9)12(16)15-13(2)7-4-8-13/h9-11H,3-8,14H2,1-2H3,(H,15,16). The molecule has 3 N–H and O–H groups in total. The second kappa shape index (κ2) is 4.36. The third-order valence-electron chi connectivity index (χ3n) is 4.46. The number of hydrogen-bond donors (Lipinski definition) is 2. The van der Waals surface area contributed by atoms with E-state index in [1.807, 2.05) is 0 Å². The molecule has 0 spiro atoms. The molecule has 2 aliphatic carbocycles. The second-order valence-electron chi connectivity index (χ2n) is 6.00. The van der Waals surface area contributed by atoms with E-state index in [0.29, 0.717) is 5.92 Å². The van der Waals surface area contributed by atoms with Crippen molar-refractivity contribution in [3.8, 4) is 0 Å². The van der Waals surface area contributed by atoms with Crippen molar-refractivity contribution in [2.24, 2.45) is 17.6 Å². The smallest absolute Gasteiger partial charge is 0.225 e. The van der Waals surface area contributed by atoms with Gasteiger partial charge in [-0.3, -0.25) is 4.79 Å². The molecule has 0 aromatic heterocycles. The van der Waals surface area contributed by atoms with Crippen molar-refractivity contribution in [2.75, 3.05) is 0 Å². The third-order valence-corrected chi connectivity index (χ3v) is 4.46. The van der Waals surface area contributed by atoms with Crippen LogP contribution in [-0.2, 0) is 4.79 Å². The summed E-state index contributed by atoms with van der Waals surface area (Å²) in [5.41, 5.74) is 6.15. The van der Waals surface area contributed by atoms with Gasteiger partial charge in [0.05, 0.1) is 5.92 Å². The number of nitrogens with one attached hydrogen (secondary N) is 1. The van der Waals surface area contributed by atoms with Gasteiger partial charge in [-0.25, -0.2) is 0 Å². The number of hydrogen-bond acceptors (Lipinski definition) is 2. The van der Waals surface area contributed by atoms with Gasteiger partial charge in [0.25, 0.3) is 0 Å². The maximum absolute atomic E-state index is 12.2. The lowest BCUT2D eigenvalue weighted by Gasteiger charge is -2.42. The van der Waals surface area contributed by atoms with Crippen LogP contribution in [0.1, 0.15) is 52.4 Å². The molecule has 2 saturated carbocycles. The first-order valence-electron chi connectivity index (χ1n) is 6.59. The highest BCUT2D eigenvalue weighted by molar-refractivity contribution is 5.80. The highest BCUT2D eigenvalue weighted by atomic mass is 16.2. The Morgan fingerprint density at radius 3 is 2.50 bits per heavy atom. The Balaban J connectivity index is 1.96. The average Bonchev–Trinajstić information content (AvgIpc) is 2.15. The van der Waals surface area contributed by atoms with Crippen LogP contribution in [0.25, 0.3) is 0 Å². The van der Waals surface area contributed by atoms with Crippen LogP contribution in [0.15, 0.2) is 0 Å². The second-order valence-corrected chi connectivity index (χ2v) is 6.00. The van der Waals surface area contributed by atoms with Gasteiger partial charge in [0.2, 0.25) is 5.91 Å². The van der Waals surface area contributed by atoms with Crippen molar-refractivity contribution in [2.45, 2.75) is 64.0 Å². The first kappa shape index (κ1) is 11.9. The summed E-state index contributed by atoms with van der Waals surface area (Å²) in [5.74, 6) is 0.667. The molecule has 16 heavy (non-hydrogen) atoms. The molecule has 0 aromatic carbocycles. The van der Waals surface area contributed by atoms with Crippen molar-refractivity contribution in [3.63, 3.8) is 0 Å². The van der Waals surface area contributed by atoms with Gasteiger partial charge in [-0.2, -0.15) is 0 Å². The van der Waals surface area contributed by atoms with Crippen LogP contribution in [0, 0.1) is 11.8 Å². The SMILES string of the molecule is CC1CCCC(N)C1C(=O)NC1(C)CCC1. The molecular weight excluding hydrogens is 200 g/mol. The maximum Gasteiger partial charge on any atom is 0.225 e. The van der Waals surface area contributed by atoms with E-state index in [-0.39, 0.29) is 23.4 Å². The Morgan fingerprint density at radius 1 is 1.31 bits per heavy atom. The van der Waals surface area contributed by atoms with Crippen LogP contribution >= 0.6 is 0 Å². The molecule has 3 unspecified atom stereocenters. The monoisotopic (exact) mass is 224 g/mol. The molecule has 0 saturated heterocycles. The zero-order valence-corrected chi connectivity index (χ0v) is 10.5. The summed E-state index contributed by atoms with van der Waals surface area (Å²) in [7, 11) is 0. The van der Waals surface area contributed by atoms with Crippen molar-refractivity contribution in [3.05, 3.63) is 0 Å². The number of amides is 1. The summed E-state index contributed by atoms with van der Waals surface area (Å²) >= 11 is 0. The van der Waals surface area contributed by atoms with E-state index in [1.165, 1.54) is 12.8 Å². The molecule has 3 nitrogen and oxygen atoms in total. The predicted octanol–water partition coefficient (Wildman–Crippen LogP) is 1.81. The molecule has 0 aliphatic heterocycles. The fourth-order valence-corrected chi connectivity index (χ4v) is 3.12. The van der Waals surface area contributed by atoms with Crippen LogP contribution in [0.3, 0.4) is 0 Å². The summed E-state index contributed by atoms with van der Waals surface area (Å²) in [6.07, 6.45) is 6.79.